The molecule has 0 saturated carbocycles. The van der Waals surface area contributed by atoms with Gasteiger partial charge in [0, 0.05) is 13.0 Å². The number of amides is 2. The third-order valence-electron chi connectivity index (χ3n) is 2.24. The predicted octanol–water partition coefficient (Wildman–Crippen LogP) is 1.34. The van der Waals surface area contributed by atoms with Crippen LogP contribution in [0.15, 0.2) is 0 Å². The zero-order valence-electron chi connectivity index (χ0n) is 10.2. The lowest BCUT2D eigenvalue weighted by atomic mass is 10.2. The molecule has 5 heteroatoms. The summed E-state index contributed by atoms with van der Waals surface area (Å²) in [6, 6.07) is -1.50. The number of nitrogens with one attached hydrogen (secondary N) is 2. The number of aliphatic carboxylic acids is 1. The van der Waals surface area contributed by atoms with Crippen LogP contribution in [0.2, 0.25) is 0 Å². The molecule has 1 atom stereocenters. The summed E-state index contributed by atoms with van der Waals surface area (Å²) in [7, 11) is 0. The lowest BCUT2D eigenvalue weighted by Gasteiger charge is -2.12. The van der Waals surface area contributed by atoms with Crippen LogP contribution in [-0.4, -0.2) is 29.7 Å². The number of hydrogen-bond acceptors (Lipinski definition) is 2. The van der Waals surface area contributed by atoms with Gasteiger partial charge in [-0.05, 0) is 6.42 Å². The van der Waals surface area contributed by atoms with Gasteiger partial charge in [-0.1, -0.05) is 26.2 Å². The maximum atomic E-state index is 11.3. The van der Waals surface area contributed by atoms with Crippen molar-refractivity contribution in [3.63, 3.8) is 0 Å². The molecule has 0 fully saturated rings. The minimum Gasteiger partial charge on any atom is -0.480 e. The summed E-state index contributed by atoms with van der Waals surface area (Å²) in [6.07, 6.45) is 9.22. The van der Waals surface area contributed by atoms with Crippen LogP contribution in [-0.2, 0) is 4.79 Å². The van der Waals surface area contributed by atoms with Gasteiger partial charge in [0.1, 0.15) is 6.04 Å². The Bertz CT molecular complexity index is 284. The Labute approximate surface area is 102 Å². The quantitative estimate of drug-likeness (QED) is 0.442. The number of carboxylic acid groups (broad SMARTS) is 1. The van der Waals surface area contributed by atoms with E-state index in [2.05, 4.69) is 23.5 Å². The fourth-order valence-corrected chi connectivity index (χ4v) is 1.28. The summed E-state index contributed by atoms with van der Waals surface area (Å²) < 4.78 is 0. The Hall–Kier alpha value is -1.70. The molecule has 0 rings (SSSR count). The minimum atomic E-state index is -1.12. The molecule has 0 aromatic carbocycles. The van der Waals surface area contributed by atoms with Gasteiger partial charge in [-0.3, -0.25) is 0 Å². The molecule has 0 aliphatic rings. The summed E-state index contributed by atoms with van der Waals surface area (Å²) in [6.45, 7) is 2.66. The first-order valence-corrected chi connectivity index (χ1v) is 5.82. The molecule has 5 nitrogen and oxygen atoms in total. The molecule has 0 radical (unpaired) electrons. The van der Waals surface area contributed by atoms with E-state index in [0.717, 1.165) is 25.7 Å². The third-order valence-corrected chi connectivity index (χ3v) is 2.24. The highest BCUT2D eigenvalue weighted by molar-refractivity contribution is 5.82. The first kappa shape index (κ1) is 15.3. The van der Waals surface area contributed by atoms with E-state index in [-0.39, 0.29) is 6.42 Å². The van der Waals surface area contributed by atoms with E-state index in [4.69, 9.17) is 11.5 Å². The van der Waals surface area contributed by atoms with Gasteiger partial charge in [0.05, 0.1) is 0 Å². The van der Waals surface area contributed by atoms with Gasteiger partial charge >= 0.3 is 12.0 Å². The molecule has 96 valence electrons. The SMILES string of the molecule is C#CCC(NC(=O)NCCCCCC)C(=O)O. The molecule has 1 unspecified atom stereocenters. The maximum absolute atomic E-state index is 11.3. The molecule has 0 saturated heterocycles. The van der Waals surface area contributed by atoms with Crippen molar-refractivity contribution >= 4 is 12.0 Å². The van der Waals surface area contributed by atoms with Crippen LogP contribution in [0.25, 0.3) is 0 Å². The number of carbonyl (C=O) groups is 2. The standard InChI is InChI=1S/C12H20N2O3/c1-3-5-6-7-9-13-12(17)14-10(8-4-2)11(15)16/h2,10H,3,5-9H2,1H3,(H,15,16)(H2,13,14,17). The van der Waals surface area contributed by atoms with Crippen molar-refractivity contribution in [2.75, 3.05) is 6.54 Å². The van der Waals surface area contributed by atoms with Crippen molar-refractivity contribution in [3.8, 4) is 12.3 Å². The smallest absolute Gasteiger partial charge is 0.327 e. The van der Waals surface area contributed by atoms with Gasteiger partial charge in [0.2, 0.25) is 0 Å². The average Bonchev–Trinajstić information content (AvgIpc) is 2.28. The molecule has 0 heterocycles. The largest absolute Gasteiger partial charge is 0.480 e. The fourth-order valence-electron chi connectivity index (χ4n) is 1.28. The lowest BCUT2D eigenvalue weighted by Crippen LogP contribution is -2.46. The van der Waals surface area contributed by atoms with Crippen LogP contribution in [0.3, 0.4) is 0 Å². The third kappa shape index (κ3) is 8.14. The molecular formula is C12H20N2O3. The average molecular weight is 240 g/mol. The minimum absolute atomic E-state index is 0.0153. The number of hydrogen-bond donors (Lipinski definition) is 3. The van der Waals surface area contributed by atoms with E-state index in [9.17, 15) is 9.59 Å². The number of carbonyl (C=O) groups excluding carboxylic acids is 1. The monoisotopic (exact) mass is 240 g/mol. The molecule has 0 aliphatic heterocycles. The Kier molecular flexibility index (Phi) is 8.57. The van der Waals surface area contributed by atoms with Crippen LogP contribution in [0.1, 0.15) is 39.0 Å². The molecule has 0 aromatic heterocycles. The molecule has 0 bridgehead atoms. The second kappa shape index (κ2) is 9.52. The van der Waals surface area contributed by atoms with Crippen LogP contribution >= 0.6 is 0 Å². The van der Waals surface area contributed by atoms with E-state index < -0.39 is 18.0 Å². The Balaban J connectivity index is 3.76. The number of unbranched alkanes of at least 4 members (excludes halogenated alkanes) is 3. The molecule has 0 aliphatic carbocycles. The van der Waals surface area contributed by atoms with E-state index >= 15 is 0 Å². The first-order valence-electron chi connectivity index (χ1n) is 5.82. The number of terminal acetylenes is 1. The molecule has 0 spiro atoms. The van der Waals surface area contributed by atoms with Gasteiger partial charge < -0.3 is 15.7 Å². The normalized spacial score (nSPS) is 11.3. The summed E-state index contributed by atoms with van der Waals surface area (Å²) in [5.74, 6) is 1.09. The fraction of sp³-hybridized carbons (Fsp3) is 0.667. The van der Waals surface area contributed by atoms with E-state index in [1.807, 2.05) is 0 Å². The molecule has 0 aromatic rings. The van der Waals surface area contributed by atoms with Crippen molar-refractivity contribution in [2.24, 2.45) is 0 Å². The molecule has 3 N–H and O–H groups in total. The van der Waals surface area contributed by atoms with Gasteiger partial charge in [0.15, 0.2) is 0 Å². The van der Waals surface area contributed by atoms with E-state index in [0.29, 0.717) is 6.54 Å². The topological polar surface area (TPSA) is 78.4 Å². The lowest BCUT2D eigenvalue weighted by molar-refractivity contribution is -0.139. The van der Waals surface area contributed by atoms with Crippen LogP contribution < -0.4 is 10.6 Å². The summed E-state index contributed by atoms with van der Waals surface area (Å²) >= 11 is 0. The van der Waals surface area contributed by atoms with Crippen molar-refractivity contribution in [2.45, 2.75) is 45.1 Å². The first-order chi connectivity index (χ1) is 8.11. The summed E-state index contributed by atoms with van der Waals surface area (Å²) in [4.78, 5) is 22.0. The second-order valence-corrected chi connectivity index (χ2v) is 3.76. The molecular weight excluding hydrogens is 220 g/mol. The Morgan fingerprint density at radius 1 is 1.35 bits per heavy atom. The van der Waals surface area contributed by atoms with Crippen molar-refractivity contribution in [1.82, 2.24) is 10.6 Å². The summed E-state index contributed by atoms with van der Waals surface area (Å²) in [5.41, 5.74) is 0. The second-order valence-electron chi connectivity index (χ2n) is 3.76. The zero-order valence-corrected chi connectivity index (χ0v) is 10.2. The van der Waals surface area contributed by atoms with Crippen LogP contribution in [0.4, 0.5) is 4.79 Å². The van der Waals surface area contributed by atoms with Gasteiger partial charge in [0.25, 0.3) is 0 Å². The van der Waals surface area contributed by atoms with E-state index in [1.165, 1.54) is 0 Å². The van der Waals surface area contributed by atoms with Crippen LogP contribution in [0.5, 0.6) is 0 Å². The highest BCUT2D eigenvalue weighted by Crippen LogP contribution is 1.97. The van der Waals surface area contributed by atoms with Gasteiger partial charge in [-0.15, -0.1) is 12.3 Å². The highest BCUT2D eigenvalue weighted by Gasteiger charge is 2.17. The molecule has 17 heavy (non-hydrogen) atoms. The molecule has 2 amide bonds. The highest BCUT2D eigenvalue weighted by atomic mass is 16.4. The maximum Gasteiger partial charge on any atom is 0.327 e. The Morgan fingerprint density at radius 3 is 2.59 bits per heavy atom. The van der Waals surface area contributed by atoms with Gasteiger partial charge in [-0.2, -0.15) is 0 Å². The van der Waals surface area contributed by atoms with Crippen LogP contribution in [0, 0.1) is 12.3 Å². The van der Waals surface area contributed by atoms with Crippen molar-refractivity contribution in [1.29, 1.82) is 0 Å². The summed E-state index contributed by atoms with van der Waals surface area (Å²) in [5, 5.41) is 13.7. The van der Waals surface area contributed by atoms with Crippen molar-refractivity contribution in [3.05, 3.63) is 0 Å². The van der Waals surface area contributed by atoms with E-state index in [1.54, 1.807) is 0 Å². The zero-order chi connectivity index (χ0) is 13.1. The van der Waals surface area contributed by atoms with Gasteiger partial charge in [-0.25, -0.2) is 9.59 Å². The Morgan fingerprint density at radius 2 is 2.06 bits per heavy atom. The van der Waals surface area contributed by atoms with Crippen molar-refractivity contribution < 1.29 is 14.7 Å². The predicted molar refractivity (Wildman–Crippen MR) is 65.6 cm³/mol. The number of rotatable bonds is 8. The number of carboxylic acids is 1. The number of urea groups is 1.